The maximum Gasteiger partial charge on any atom is 0.226 e. The highest BCUT2D eigenvalue weighted by Gasteiger charge is 2.24. The Morgan fingerprint density at radius 1 is 1.19 bits per heavy atom. The van der Waals surface area contributed by atoms with Gasteiger partial charge in [0.05, 0.1) is 5.69 Å². The minimum atomic E-state index is -0.0801. The molecule has 0 bridgehead atoms. The van der Waals surface area contributed by atoms with Crippen LogP contribution in [0.5, 0.6) is 0 Å². The first-order chi connectivity index (χ1) is 11.7. The van der Waals surface area contributed by atoms with E-state index in [2.05, 4.69) is 22.4 Å². The van der Waals surface area contributed by atoms with E-state index in [1.54, 1.807) is 11.3 Å². The van der Waals surface area contributed by atoms with Crippen LogP contribution in [-0.2, 0) is 11.3 Å². The van der Waals surface area contributed by atoms with Crippen LogP contribution in [-0.4, -0.2) is 53.4 Å². The molecular weight excluding hydrogens is 391 g/mol. The van der Waals surface area contributed by atoms with Crippen LogP contribution in [0.3, 0.4) is 0 Å². The van der Waals surface area contributed by atoms with Gasteiger partial charge in [-0.1, -0.05) is 37.3 Å². The van der Waals surface area contributed by atoms with Crippen molar-refractivity contribution in [1.82, 2.24) is 14.8 Å². The van der Waals surface area contributed by atoms with Crippen LogP contribution in [0.25, 0.3) is 10.6 Å². The van der Waals surface area contributed by atoms with Crippen molar-refractivity contribution in [3.05, 3.63) is 41.4 Å². The summed E-state index contributed by atoms with van der Waals surface area (Å²) in [5.41, 5.74) is 7.87. The number of carbonyl (C=O) groups excluding carboxylic acids is 1. The summed E-state index contributed by atoms with van der Waals surface area (Å²) in [5, 5.41) is 3.20. The van der Waals surface area contributed by atoms with E-state index in [1.165, 1.54) is 5.56 Å². The summed E-state index contributed by atoms with van der Waals surface area (Å²) in [7, 11) is 0. The molecule has 1 unspecified atom stereocenters. The third kappa shape index (κ3) is 5.66. The number of aromatic nitrogens is 1. The van der Waals surface area contributed by atoms with Crippen molar-refractivity contribution in [2.45, 2.75) is 13.5 Å². The van der Waals surface area contributed by atoms with Crippen LogP contribution in [0.4, 0.5) is 0 Å². The highest BCUT2D eigenvalue weighted by Crippen LogP contribution is 2.24. The highest BCUT2D eigenvalue weighted by atomic mass is 35.5. The molecule has 1 aliphatic rings. The first-order valence-corrected chi connectivity index (χ1v) is 9.26. The van der Waals surface area contributed by atoms with Gasteiger partial charge in [0.2, 0.25) is 5.91 Å². The fourth-order valence-corrected chi connectivity index (χ4v) is 3.68. The number of nitrogens with zero attached hydrogens (tertiary/aromatic N) is 3. The van der Waals surface area contributed by atoms with Crippen LogP contribution in [0, 0.1) is 5.92 Å². The van der Waals surface area contributed by atoms with E-state index in [9.17, 15) is 4.79 Å². The van der Waals surface area contributed by atoms with Gasteiger partial charge in [-0.05, 0) is 0 Å². The molecule has 144 valence electrons. The van der Waals surface area contributed by atoms with E-state index in [4.69, 9.17) is 10.7 Å². The van der Waals surface area contributed by atoms with Crippen LogP contribution in [0.15, 0.2) is 35.7 Å². The van der Waals surface area contributed by atoms with Gasteiger partial charge in [-0.25, -0.2) is 4.98 Å². The lowest BCUT2D eigenvalue weighted by molar-refractivity contribution is -0.136. The van der Waals surface area contributed by atoms with Crippen molar-refractivity contribution < 1.29 is 4.79 Å². The summed E-state index contributed by atoms with van der Waals surface area (Å²) < 4.78 is 0. The first-order valence-electron chi connectivity index (χ1n) is 8.38. The van der Waals surface area contributed by atoms with Crippen molar-refractivity contribution in [2.24, 2.45) is 11.7 Å². The van der Waals surface area contributed by atoms with Crippen LogP contribution >= 0.6 is 36.2 Å². The van der Waals surface area contributed by atoms with E-state index in [-0.39, 0.29) is 36.6 Å². The number of nitrogens with two attached hydrogens (primary N) is 1. The van der Waals surface area contributed by atoms with Gasteiger partial charge in [-0.3, -0.25) is 9.69 Å². The molecule has 1 atom stereocenters. The van der Waals surface area contributed by atoms with Gasteiger partial charge < -0.3 is 10.6 Å². The van der Waals surface area contributed by atoms with Crippen molar-refractivity contribution in [2.75, 3.05) is 32.7 Å². The second-order valence-corrected chi connectivity index (χ2v) is 7.11. The number of halogens is 2. The zero-order chi connectivity index (χ0) is 16.9. The molecule has 0 radical (unpaired) electrons. The van der Waals surface area contributed by atoms with Gasteiger partial charge in [0.1, 0.15) is 5.01 Å². The largest absolute Gasteiger partial charge is 0.340 e. The number of amides is 1. The second-order valence-electron chi connectivity index (χ2n) is 6.25. The second kappa shape index (κ2) is 10.8. The maximum atomic E-state index is 12.2. The third-order valence-corrected chi connectivity index (χ3v) is 5.36. The predicted octanol–water partition coefficient (Wildman–Crippen LogP) is 2.89. The van der Waals surface area contributed by atoms with Crippen molar-refractivity contribution in [3.63, 3.8) is 0 Å². The number of benzene rings is 1. The summed E-state index contributed by atoms with van der Waals surface area (Å²) in [6, 6.07) is 10.3. The normalized spacial score (nSPS) is 15.7. The van der Waals surface area contributed by atoms with Crippen LogP contribution in [0.1, 0.15) is 12.6 Å². The summed E-state index contributed by atoms with van der Waals surface area (Å²) in [5.74, 6) is 0.0979. The molecule has 1 aromatic heterocycles. The lowest BCUT2D eigenvalue weighted by atomic mass is 10.1. The molecule has 0 aliphatic carbocycles. The number of hydrogen-bond donors (Lipinski definition) is 1. The average Bonchev–Trinajstić information content (AvgIpc) is 3.10. The van der Waals surface area contributed by atoms with Crippen molar-refractivity contribution in [1.29, 1.82) is 0 Å². The van der Waals surface area contributed by atoms with Crippen molar-refractivity contribution in [3.8, 4) is 10.6 Å². The lowest BCUT2D eigenvalue weighted by Gasteiger charge is -2.35. The molecule has 1 aliphatic heterocycles. The van der Waals surface area contributed by atoms with Gasteiger partial charge in [0.15, 0.2) is 0 Å². The Morgan fingerprint density at radius 2 is 1.85 bits per heavy atom. The zero-order valence-corrected chi connectivity index (χ0v) is 17.3. The Bertz CT molecular complexity index is 675. The third-order valence-electron chi connectivity index (χ3n) is 4.42. The molecule has 2 heterocycles. The Balaban J connectivity index is 0.00000169. The molecule has 1 aromatic carbocycles. The van der Waals surface area contributed by atoms with E-state index in [0.29, 0.717) is 6.54 Å². The van der Waals surface area contributed by atoms with E-state index in [1.807, 2.05) is 30.0 Å². The fourth-order valence-electron chi connectivity index (χ4n) is 2.86. The van der Waals surface area contributed by atoms with E-state index >= 15 is 0 Å². The van der Waals surface area contributed by atoms with Gasteiger partial charge in [0.25, 0.3) is 0 Å². The number of carbonyl (C=O) groups is 1. The summed E-state index contributed by atoms with van der Waals surface area (Å²) in [6.45, 7) is 6.49. The van der Waals surface area contributed by atoms with Gasteiger partial charge >= 0.3 is 0 Å². The van der Waals surface area contributed by atoms with Crippen LogP contribution < -0.4 is 5.73 Å². The summed E-state index contributed by atoms with van der Waals surface area (Å²) >= 11 is 1.69. The quantitative estimate of drug-likeness (QED) is 0.813. The fraction of sp³-hybridized carbons (Fsp3) is 0.444. The standard InChI is InChI=1S/C18H24N4OS.2ClH/c1-14(11-19)18(23)22-9-7-21(8-10-22)12-16-13-24-17(20-16)15-5-3-2-4-6-15;;/h2-6,13-14H,7-12,19H2,1H3;2*1H. The monoisotopic (exact) mass is 416 g/mol. The Hall–Kier alpha value is -1.18. The molecule has 2 N–H and O–H groups in total. The molecule has 8 heteroatoms. The number of rotatable bonds is 5. The van der Waals surface area contributed by atoms with Gasteiger partial charge in [0, 0.05) is 56.1 Å². The van der Waals surface area contributed by atoms with Gasteiger partial charge in [-0.2, -0.15) is 0 Å². The molecule has 1 fully saturated rings. The smallest absolute Gasteiger partial charge is 0.226 e. The Kier molecular flexibility index (Phi) is 9.54. The topological polar surface area (TPSA) is 62.5 Å². The predicted molar refractivity (Wildman–Crippen MR) is 112 cm³/mol. The minimum absolute atomic E-state index is 0. The molecule has 1 amide bonds. The molecule has 2 aromatic rings. The number of piperazine rings is 1. The molecule has 0 saturated carbocycles. The minimum Gasteiger partial charge on any atom is -0.340 e. The SMILES string of the molecule is CC(CN)C(=O)N1CCN(Cc2csc(-c3ccccc3)n2)CC1.Cl.Cl. The highest BCUT2D eigenvalue weighted by molar-refractivity contribution is 7.13. The average molecular weight is 417 g/mol. The Labute approximate surface area is 171 Å². The summed E-state index contributed by atoms with van der Waals surface area (Å²) in [4.78, 5) is 21.2. The molecule has 26 heavy (non-hydrogen) atoms. The summed E-state index contributed by atoms with van der Waals surface area (Å²) in [6.07, 6.45) is 0. The van der Waals surface area contributed by atoms with Gasteiger partial charge in [-0.15, -0.1) is 36.2 Å². The van der Waals surface area contributed by atoms with Crippen LogP contribution in [0.2, 0.25) is 0 Å². The van der Waals surface area contributed by atoms with E-state index < -0.39 is 0 Å². The zero-order valence-electron chi connectivity index (χ0n) is 14.8. The first kappa shape index (κ1) is 22.9. The molecule has 1 saturated heterocycles. The molecule has 3 rings (SSSR count). The number of thiazole rings is 1. The van der Waals surface area contributed by atoms with Crippen molar-refractivity contribution >= 4 is 42.1 Å². The van der Waals surface area contributed by atoms with E-state index in [0.717, 1.165) is 43.4 Å². The maximum absolute atomic E-state index is 12.2. The lowest BCUT2D eigenvalue weighted by Crippen LogP contribution is -2.50. The number of hydrogen-bond acceptors (Lipinski definition) is 5. The molecule has 5 nitrogen and oxygen atoms in total. The molecular formula is C18H26Cl2N4OS. The Morgan fingerprint density at radius 3 is 2.46 bits per heavy atom. The molecule has 0 spiro atoms.